The maximum atomic E-state index is 14.4. The predicted octanol–water partition coefficient (Wildman–Crippen LogP) is 6.65. The van der Waals surface area contributed by atoms with E-state index < -0.39 is 17.3 Å². The molecular formula is C34H34BrF3N4O2. The Kier molecular flexibility index (Phi) is 8.79. The summed E-state index contributed by atoms with van der Waals surface area (Å²) in [6, 6.07) is 20.9. The molecule has 10 heteroatoms. The summed E-state index contributed by atoms with van der Waals surface area (Å²) in [5, 5.41) is 16.5. The molecule has 2 aliphatic rings. The number of carbonyl (C=O) groups excluding carboxylic acids is 1. The third-order valence-electron chi connectivity index (χ3n) is 8.68. The molecule has 230 valence electrons. The van der Waals surface area contributed by atoms with Gasteiger partial charge in [0.05, 0.1) is 34.5 Å². The zero-order chi connectivity index (χ0) is 30.9. The SMILES string of the molecule is O=C(NC1(c2ccccc2)CC1)c1c(CN2CCC(NCCO)CC2)c(-c2cccc(C(F)(F)F)c2)nc2cc(Br)ccc12. The van der Waals surface area contributed by atoms with Crippen LogP contribution in [0.4, 0.5) is 13.2 Å². The minimum atomic E-state index is -4.52. The van der Waals surface area contributed by atoms with Crippen LogP contribution in [-0.4, -0.2) is 53.2 Å². The highest BCUT2D eigenvalue weighted by Crippen LogP contribution is 2.46. The predicted molar refractivity (Wildman–Crippen MR) is 168 cm³/mol. The molecule has 0 atom stereocenters. The van der Waals surface area contributed by atoms with Crippen LogP contribution in [0.2, 0.25) is 0 Å². The lowest BCUT2D eigenvalue weighted by molar-refractivity contribution is -0.137. The first-order valence-electron chi connectivity index (χ1n) is 14.9. The van der Waals surface area contributed by atoms with E-state index >= 15 is 0 Å². The van der Waals surface area contributed by atoms with Crippen LogP contribution in [0, 0.1) is 0 Å². The number of amides is 1. The molecule has 4 aromatic rings. The van der Waals surface area contributed by atoms with Crippen molar-refractivity contribution < 1.29 is 23.1 Å². The zero-order valence-electron chi connectivity index (χ0n) is 24.1. The van der Waals surface area contributed by atoms with Gasteiger partial charge in [-0.25, -0.2) is 4.98 Å². The van der Waals surface area contributed by atoms with Gasteiger partial charge < -0.3 is 15.7 Å². The van der Waals surface area contributed by atoms with Crippen LogP contribution in [0.5, 0.6) is 0 Å². The average molecular weight is 668 g/mol. The smallest absolute Gasteiger partial charge is 0.395 e. The van der Waals surface area contributed by atoms with Gasteiger partial charge in [-0.2, -0.15) is 13.2 Å². The van der Waals surface area contributed by atoms with Gasteiger partial charge >= 0.3 is 6.18 Å². The van der Waals surface area contributed by atoms with E-state index in [2.05, 4.69) is 31.5 Å². The molecule has 0 radical (unpaired) electrons. The quantitative estimate of drug-likeness (QED) is 0.187. The van der Waals surface area contributed by atoms with E-state index in [0.717, 1.165) is 60.9 Å². The summed E-state index contributed by atoms with van der Waals surface area (Å²) in [5.41, 5.74) is 2.06. The number of aromatic nitrogens is 1. The Labute approximate surface area is 262 Å². The van der Waals surface area contributed by atoms with Crippen molar-refractivity contribution in [1.29, 1.82) is 0 Å². The second-order valence-electron chi connectivity index (χ2n) is 11.7. The number of carbonyl (C=O) groups is 1. The fraction of sp³-hybridized carbons (Fsp3) is 0.353. The highest BCUT2D eigenvalue weighted by Gasteiger charge is 2.46. The lowest BCUT2D eigenvalue weighted by atomic mass is 9.93. The third-order valence-corrected chi connectivity index (χ3v) is 9.18. The number of aliphatic hydroxyl groups is 1. The normalized spacial score (nSPS) is 17.1. The molecule has 1 aliphatic heterocycles. The number of nitrogens with one attached hydrogen (secondary N) is 2. The maximum absolute atomic E-state index is 14.4. The molecule has 1 aliphatic carbocycles. The fourth-order valence-corrected chi connectivity index (χ4v) is 6.56. The van der Waals surface area contributed by atoms with Crippen molar-refractivity contribution in [3.05, 3.63) is 99.5 Å². The van der Waals surface area contributed by atoms with E-state index in [-0.39, 0.29) is 18.6 Å². The van der Waals surface area contributed by atoms with Crippen LogP contribution in [0.25, 0.3) is 22.2 Å². The first-order chi connectivity index (χ1) is 21.2. The molecule has 2 heterocycles. The first kappa shape index (κ1) is 30.7. The second-order valence-corrected chi connectivity index (χ2v) is 12.6. The molecule has 44 heavy (non-hydrogen) atoms. The Balaban J connectivity index is 1.47. The number of benzene rings is 3. The first-order valence-corrected chi connectivity index (χ1v) is 15.7. The molecule has 0 spiro atoms. The maximum Gasteiger partial charge on any atom is 0.416 e. The molecule has 2 fully saturated rings. The van der Waals surface area contributed by atoms with Gasteiger partial charge in [0.15, 0.2) is 0 Å². The molecule has 3 aromatic carbocycles. The number of rotatable bonds is 9. The number of piperidine rings is 1. The van der Waals surface area contributed by atoms with E-state index in [0.29, 0.717) is 46.4 Å². The number of hydrogen-bond acceptors (Lipinski definition) is 5. The number of fused-ring (bicyclic) bond motifs is 1. The minimum absolute atomic E-state index is 0.0718. The number of pyridine rings is 1. The van der Waals surface area contributed by atoms with Gasteiger partial charge in [0.2, 0.25) is 0 Å². The monoisotopic (exact) mass is 666 g/mol. The second kappa shape index (κ2) is 12.6. The van der Waals surface area contributed by atoms with E-state index in [4.69, 9.17) is 4.98 Å². The molecule has 1 saturated heterocycles. The van der Waals surface area contributed by atoms with Gasteiger partial charge in [-0.1, -0.05) is 64.5 Å². The van der Waals surface area contributed by atoms with Crippen molar-refractivity contribution in [2.45, 2.75) is 50.0 Å². The van der Waals surface area contributed by atoms with Gasteiger partial charge in [0, 0.05) is 40.1 Å². The summed E-state index contributed by atoms with van der Waals surface area (Å²) < 4.78 is 42.2. The Hall–Kier alpha value is -3.31. The van der Waals surface area contributed by atoms with Gasteiger partial charge in [0.25, 0.3) is 5.91 Å². The topological polar surface area (TPSA) is 77.5 Å². The van der Waals surface area contributed by atoms with Crippen LogP contribution in [-0.2, 0) is 18.3 Å². The number of nitrogens with zero attached hydrogens (tertiary/aromatic N) is 2. The van der Waals surface area contributed by atoms with Crippen molar-refractivity contribution in [1.82, 2.24) is 20.5 Å². The Morgan fingerprint density at radius 1 is 1.02 bits per heavy atom. The highest BCUT2D eigenvalue weighted by atomic mass is 79.9. The van der Waals surface area contributed by atoms with Crippen LogP contribution in [0.3, 0.4) is 0 Å². The van der Waals surface area contributed by atoms with Gasteiger partial charge in [-0.15, -0.1) is 0 Å². The summed E-state index contributed by atoms with van der Waals surface area (Å²) in [6.45, 7) is 2.43. The Morgan fingerprint density at radius 2 is 1.77 bits per heavy atom. The molecule has 6 nitrogen and oxygen atoms in total. The van der Waals surface area contributed by atoms with Crippen LogP contribution < -0.4 is 10.6 Å². The number of hydrogen-bond donors (Lipinski definition) is 3. The third kappa shape index (κ3) is 6.54. The van der Waals surface area contributed by atoms with Crippen molar-refractivity contribution >= 4 is 32.7 Å². The molecular weight excluding hydrogens is 633 g/mol. The highest BCUT2D eigenvalue weighted by molar-refractivity contribution is 9.10. The largest absolute Gasteiger partial charge is 0.416 e. The molecule has 1 amide bonds. The zero-order valence-corrected chi connectivity index (χ0v) is 25.7. The van der Waals surface area contributed by atoms with E-state index in [1.165, 1.54) is 6.07 Å². The van der Waals surface area contributed by atoms with Crippen molar-refractivity contribution in [2.75, 3.05) is 26.2 Å². The summed E-state index contributed by atoms with van der Waals surface area (Å²) in [7, 11) is 0. The van der Waals surface area contributed by atoms with Crippen LogP contribution >= 0.6 is 15.9 Å². The molecule has 0 bridgehead atoms. The van der Waals surface area contributed by atoms with Crippen molar-refractivity contribution in [3.63, 3.8) is 0 Å². The summed E-state index contributed by atoms with van der Waals surface area (Å²) in [5.74, 6) is -0.260. The number of aliphatic hydroxyl groups excluding tert-OH is 1. The van der Waals surface area contributed by atoms with E-state index in [9.17, 15) is 23.1 Å². The number of likely N-dealkylation sites (tertiary alicyclic amines) is 1. The van der Waals surface area contributed by atoms with Crippen LogP contribution in [0.15, 0.2) is 77.3 Å². The summed E-state index contributed by atoms with van der Waals surface area (Å²) in [6.07, 6.45) is -1.20. The lowest BCUT2D eigenvalue weighted by Crippen LogP contribution is -2.43. The number of alkyl halides is 3. The molecule has 3 N–H and O–H groups in total. The van der Waals surface area contributed by atoms with E-state index in [1.54, 1.807) is 12.1 Å². The van der Waals surface area contributed by atoms with E-state index in [1.807, 2.05) is 42.5 Å². The molecule has 0 unspecified atom stereocenters. The lowest BCUT2D eigenvalue weighted by Gasteiger charge is -2.33. The van der Waals surface area contributed by atoms with Gasteiger partial charge in [0.1, 0.15) is 0 Å². The van der Waals surface area contributed by atoms with Gasteiger partial charge in [-0.05, 0) is 68.6 Å². The molecule has 6 rings (SSSR count). The minimum Gasteiger partial charge on any atom is -0.395 e. The van der Waals surface area contributed by atoms with Crippen molar-refractivity contribution in [3.8, 4) is 11.3 Å². The van der Waals surface area contributed by atoms with Gasteiger partial charge in [-0.3, -0.25) is 9.69 Å². The fourth-order valence-electron chi connectivity index (χ4n) is 6.21. The average Bonchev–Trinajstić information content (AvgIpc) is 3.81. The van der Waals surface area contributed by atoms with Crippen LogP contribution in [0.1, 0.15) is 52.7 Å². The summed E-state index contributed by atoms with van der Waals surface area (Å²) >= 11 is 3.50. The van der Waals surface area contributed by atoms with Crippen molar-refractivity contribution in [2.24, 2.45) is 0 Å². The molecule has 1 saturated carbocycles. The molecule has 1 aromatic heterocycles. The summed E-state index contributed by atoms with van der Waals surface area (Å²) in [4.78, 5) is 21.6. The standard InChI is InChI=1S/C34H34BrF3N4O2/c35-25-9-10-27-29(20-25)40-31(22-5-4-8-24(19-22)34(36,37)38)28(21-42-16-11-26(12-17-42)39-15-18-43)30(27)32(44)41-33(13-14-33)23-6-2-1-3-7-23/h1-10,19-20,26,39,43H,11-18,21H2,(H,41,44). The number of halogens is 4. The Morgan fingerprint density at radius 3 is 2.45 bits per heavy atom. The Bertz CT molecular complexity index is 1650.